The zero-order valence-electron chi connectivity index (χ0n) is 11.1. The normalized spacial score (nSPS) is 23.4. The number of alkyl halides is 1. The molecular weight excluding hydrogens is 302 g/mol. The SMILES string of the molecule is O=C1c2ccccc2C(=S)N1C1c2ccccc2CC1Cl. The highest BCUT2D eigenvalue weighted by Crippen LogP contribution is 2.42. The molecule has 2 aromatic carbocycles. The van der Waals surface area contributed by atoms with Crippen molar-refractivity contribution in [3.05, 3.63) is 70.8 Å². The third kappa shape index (κ3) is 1.78. The lowest BCUT2D eigenvalue weighted by atomic mass is 10.1. The molecule has 0 fully saturated rings. The monoisotopic (exact) mass is 313 g/mol. The minimum atomic E-state index is -0.171. The molecule has 2 aliphatic rings. The van der Waals surface area contributed by atoms with Gasteiger partial charge in [0.1, 0.15) is 4.99 Å². The Bertz CT molecular complexity index is 738. The largest absolute Gasteiger partial charge is 0.289 e. The van der Waals surface area contributed by atoms with Gasteiger partial charge in [0.15, 0.2) is 0 Å². The standard InChI is InChI=1S/C17H12ClNOS/c18-14-9-10-5-1-2-6-11(10)15(14)19-16(20)12-7-3-4-8-13(12)17(19)21/h1-8,14-15H,9H2. The summed E-state index contributed by atoms with van der Waals surface area (Å²) in [6.07, 6.45) is 0.769. The number of carbonyl (C=O) groups is 1. The number of halogens is 1. The van der Waals surface area contributed by atoms with Crippen LogP contribution in [0.5, 0.6) is 0 Å². The summed E-state index contributed by atoms with van der Waals surface area (Å²) in [4.78, 5) is 15.0. The maximum Gasteiger partial charge on any atom is 0.260 e. The van der Waals surface area contributed by atoms with E-state index in [1.54, 1.807) is 4.90 Å². The first kappa shape index (κ1) is 13.0. The van der Waals surface area contributed by atoms with Crippen LogP contribution in [0.3, 0.4) is 0 Å². The highest BCUT2D eigenvalue weighted by atomic mass is 35.5. The maximum atomic E-state index is 12.7. The van der Waals surface area contributed by atoms with E-state index >= 15 is 0 Å². The van der Waals surface area contributed by atoms with Gasteiger partial charge in [0.05, 0.1) is 17.0 Å². The summed E-state index contributed by atoms with van der Waals surface area (Å²) in [6.45, 7) is 0. The average Bonchev–Trinajstić information content (AvgIpc) is 2.95. The number of carbonyl (C=O) groups excluding carboxylic acids is 1. The zero-order valence-corrected chi connectivity index (χ0v) is 12.7. The molecule has 1 aliphatic carbocycles. The quantitative estimate of drug-likeness (QED) is 0.591. The number of fused-ring (bicyclic) bond motifs is 2. The lowest BCUT2D eigenvalue weighted by Gasteiger charge is -2.27. The molecule has 0 aromatic heterocycles. The van der Waals surface area contributed by atoms with Crippen molar-refractivity contribution < 1.29 is 4.79 Å². The number of hydrogen-bond donors (Lipinski definition) is 0. The van der Waals surface area contributed by atoms with Crippen LogP contribution in [0.25, 0.3) is 0 Å². The second-order valence-corrected chi connectivity index (χ2v) is 6.34. The molecule has 0 saturated heterocycles. The molecule has 21 heavy (non-hydrogen) atoms. The summed E-state index contributed by atoms with van der Waals surface area (Å²) in [5.74, 6) is -0.0389. The number of thiocarbonyl (C=S) groups is 1. The van der Waals surface area contributed by atoms with Gasteiger partial charge in [-0.3, -0.25) is 9.69 Å². The van der Waals surface area contributed by atoms with Crippen molar-refractivity contribution in [1.82, 2.24) is 4.90 Å². The van der Waals surface area contributed by atoms with Crippen molar-refractivity contribution in [3.8, 4) is 0 Å². The molecule has 0 saturated carbocycles. The molecule has 0 bridgehead atoms. The number of amides is 1. The topological polar surface area (TPSA) is 20.3 Å². The highest BCUT2D eigenvalue weighted by molar-refractivity contribution is 7.80. The van der Waals surface area contributed by atoms with E-state index < -0.39 is 0 Å². The Morgan fingerprint density at radius 1 is 1.05 bits per heavy atom. The molecule has 1 aliphatic heterocycles. The van der Waals surface area contributed by atoms with Gasteiger partial charge in [-0.25, -0.2) is 0 Å². The molecule has 4 rings (SSSR count). The Kier molecular flexibility index (Phi) is 2.88. The van der Waals surface area contributed by atoms with Crippen molar-refractivity contribution in [2.75, 3.05) is 0 Å². The molecule has 0 N–H and O–H groups in total. The molecule has 1 heterocycles. The van der Waals surface area contributed by atoms with Gasteiger partial charge in [-0.15, -0.1) is 11.6 Å². The fourth-order valence-corrected chi connectivity index (χ4v) is 4.08. The molecule has 4 heteroatoms. The molecule has 2 atom stereocenters. The minimum Gasteiger partial charge on any atom is -0.289 e. The molecule has 2 nitrogen and oxygen atoms in total. The van der Waals surface area contributed by atoms with Gasteiger partial charge >= 0.3 is 0 Å². The first-order chi connectivity index (χ1) is 10.2. The van der Waals surface area contributed by atoms with Gasteiger partial charge in [-0.1, -0.05) is 54.7 Å². The zero-order chi connectivity index (χ0) is 14.6. The van der Waals surface area contributed by atoms with E-state index in [9.17, 15) is 4.79 Å². The first-order valence-electron chi connectivity index (χ1n) is 6.87. The Labute approximate surface area is 133 Å². The second kappa shape index (κ2) is 4.65. The summed E-state index contributed by atoms with van der Waals surface area (Å²) < 4.78 is 0. The van der Waals surface area contributed by atoms with Crippen LogP contribution in [0.1, 0.15) is 33.1 Å². The fraction of sp³-hybridized carbons (Fsp3) is 0.176. The van der Waals surface area contributed by atoms with Crippen LogP contribution in [0.4, 0.5) is 0 Å². The summed E-state index contributed by atoms with van der Waals surface area (Å²) in [5, 5.41) is -0.140. The van der Waals surface area contributed by atoms with Crippen LogP contribution in [0, 0.1) is 0 Å². The maximum absolute atomic E-state index is 12.7. The van der Waals surface area contributed by atoms with Gasteiger partial charge in [0.25, 0.3) is 5.91 Å². The number of rotatable bonds is 1. The second-order valence-electron chi connectivity index (χ2n) is 5.39. The predicted octanol–water partition coefficient (Wildman–Crippen LogP) is 3.72. The highest BCUT2D eigenvalue weighted by Gasteiger charge is 2.44. The van der Waals surface area contributed by atoms with Gasteiger partial charge in [-0.05, 0) is 23.6 Å². The third-order valence-electron chi connectivity index (χ3n) is 4.23. The van der Waals surface area contributed by atoms with Crippen molar-refractivity contribution in [2.45, 2.75) is 17.8 Å². The molecular formula is C17H12ClNOS. The number of hydrogen-bond acceptors (Lipinski definition) is 2. The summed E-state index contributed by atoms with van der Waals surface area (Å²) in [6, 6.07) is 15.4. The Balaban J connectivity index is 1.83. The molecule has 2 unspecified atom stereocenters. The molecule has 0 spiro atoms. The predicted molar refractivity (Wildman–Crippen MR) is 86.8 cm³/mol. The Morgan fingerprint density at radius 2 is 1.71 bits per heavy atom. The van der Waals surface area contributed by atoms with Gasteiger partial charge in [0.2, 0.25) is 0 Å². The van der Waals surface area contributed by atoms with Crippen LogP contribution in [-0.4, -0.2) is 21.2 Å². The van der Waals surface area contributed by atoms with Crippen LogP contribution in [0.2, 0.25) is 0 Å². The van der Waals surface area contributed by atoms with E-state index in [1.165, 1.54) is 5.56 Å². The average molecular weight is 314 g/mol. The van der Waals surface area contributed by atoms with E-state index in [0.29, 0.717) is 10.6 Å². The first-order valence-corrected chi connectivity index (χ1v) is 7.72. The number of benzene rings is 2. The van der Waals surface area contributed by atoms with Crippen molar-refractivity contribution in [2.24, 2.45) is 0 Å². The lowest BCUT2D eigenvalue weighted by Crippen LogP contribution is -2.36. The van der Waals surface area contributed by atoms with E-state index in [1.807, 2.05) is 42.5 Å². The minimum absolute atomic E-state index is 0.0389. The van der Waals surface area contributed by atoms with Gasteiger partial charge in [0, 0.05) is 5.56 Å². The third-order valence-corrected chi connectivity index (χ3v) is 5.04. The molecule has 2 aromatic rings. The van der Waals surface area contributed by atoms with Crippen molar-refractivity contribution in [1.29, 1.82) is 0 Å². The summed E-state index contributed by atoms with van der Waals surface area (Å²) >= 11 is 12.1. The van der Waals surface area contributed by atoms with E-state index in [2.05, 4.69) is 6.07 Å². The van der Waals surface area contributed by atoms with Crippen LogP contribution in [-0.2, 0) is 6.42 Å². The number of nitrogens with zero attached hydrogens (tertiary/aromatic N) is 1. The Hall–Kier alpha value is -1.71. The van der Waals surface area contributed by atoms with E-state index in [-0.39, 0.29) is 17.3 Å². The lowest BCUT2D eigenvalue weighted by molar-refractivity contribution is 0.0820. The summed E-state index contributed by atoms with van der Waals surface area (Å²) in [5.41, 5.74) is 3.83. The Morgan fingerprint density at radius 3 is 2.48 bits per heavy atom. The molecule has 0 radical (unpaired) electrons. The summed E-state index contributed by atoms with van der Waals surface area (Å²) in [7, 11) is 0. The molecule has 1 amide bonds. The fourth-order valence-electron chi connectivity index (χ4n) is 3.29. The van der Waals surface area contributed by atoms with Gasteiger partial charge in [-0.2, -0.15) is 0 Å². The van der Waals surface area contributed by atoms with Crippen LogP contribution >= 0.6 is 23.8 Å². The van der Waals surface area contributed by atoms with Gasteiger partial charge < -0.3 is 0 Å². The van der Waals surface area contributed by atoms with Crippen molar-refractivity contribution >= 4 is 34.7 Å². The van der Waals surface area contributed by atoms with E-state index in [4.69, 9.17) is 23.8 Å². The van der Waals surface area contributed by atoms with Crippen LogP contribution < -0.4 is 0 Å². The van der Waals surface area contributed by atoms with Crippen molar-refractivity contribution in [3.63, 3.8) is 0 Å². The van der Waals surface area contributed by atoms with Crippen LogP contribution in [0.15, 0.2) is 48.5 Å². The van der Waals surface area contributed by atoms with E-state index in [0.717, 1.165) is 17.5 Å². The smallest absolute Gasteiger partial charge is 0.260 e. The molecule has 104 valence electrons.